The second-order valence-corrected chi connectivity index (χ2v) is 7.25. The van der Waals surface area contributed by atoms with Gasteiger partial charge in [-0.25, -0.2) is 4.90 Å². The van der Waals surface area contributed by atoms with Gasteiger partial charge >= 0.3 is 0 Å². The molecule has 0 aliphatic carbocycles. The fourth-order valence-corrected chi connectivity index (χ4v) is 3.80. The molecule has 0 N–H and O–H groups in total. The third kappa shape index (κ3) is 3.51. The third-order valence-corrected chi connectivity index (χ3v) is 5.40. The normalized spacial score (nSPS) is 17.0. The Morgan fingerprint density at radius 3 is 2.20 bits per heavy atom. The average molecular weight is 429 g/mol. The lowest BCUT2D eigenvalue weighted by molar-refractivity contribution is -0.121. The molecule has 1 fully saturated rings. The van der Waals surface area contributed by atoms with Gasteiger partial charge < -0.3 is 19.1 Å². The minimum atomic E-state index is -0.393. The van der Waals surface area contributed by atoms with Crippen molar-refractivity contribution in [1.29, 1.82) is 0 Å². The van der Waals surface area contributed by atoms with Crippen molar-refractivity contribution in [2.75, 3.05) is 45.4 Å². The lowest BCUT2D eigenvalue weighted by Crippen LogP contribution is -2.40. The summed E-state index contributed by atoms with van der Waals surface area (Å²) in [6, 6.07) is 11.9. The van der Waals surface area contributed by atoms with Gasteiger partial charge in [-0.2, -0.15) is 0 Å². The second-order valence-electron chi connectivity index (χ2n) is 6.81. The summed E-state index contributed by atoms with van der Waals surface area (Å²) in [5.41, 5.74) is 1.79. The summed E-state index contributed by atoms with van der Waals surface area (Å²) >= 11 is 6.02. The first kappa shape index (κ1) is 20.3. The quantitative estimate of drug-likeness (QED) is 0.682. The highest BCUT2D eigenvalue weighted by Gasteiger charge is 2.43. The minimum Gasteiger partial charge on any atom is -0.493 e. The highest BCUT2D eigenvalue weighted by molar-refractivity contribution is 6.45. The van der Waals surface area contributed by atoms with E-state index in [0.717, 1.165) is 0 Å². The third-order valence-electron chi connectivity index (χ3n) is 5.14. The lowest BCUT2D eigenvalue weighted by atomic mass is 10.0. The summed E-state index contributed by atoms with van der Waals surface area (Å²) in [4.78, 5) is 30.1. The molecule has 4 rings (SSSR count). The van der Waals surface area contributed by atoms with Crippen LogP contribution in [0.5, 0.6) is 11.5 Å². The van der Waals surface area contributed by atoms with Gasteiger partial charge in [-0.15, -0.1) is 0 Å². The van der Waals surface area contributed by atoms with Crippen LogP contribution in [0.1, 0.15) is 5.56 Å². The van der Waals surface area contributed by atoms with Crippen molar-refractivity contribution in [2.45, 2.75) is 0 Å². The fraction of sp³-hybridized carbons (Fsp3) is 0.273. The molecule has 0 atom stereocenters. The largest absolute Gasteiger partial charge is 0.493 e. The van der Waals surface area contributed by atoms with Gasteiger partial charge in [0.2, 0.25) is 0 Å². The summed E-state index contributed by atoms with van der Waals surface area (Å²) in [5, 5.41) is 0.556. The van der Waals surface area contributed by atoms with Crippen LogP contribution < -0.4 is 14.4 Å². The summed E-state index contributed by atoms with van der Waals surface area (Å²) < 4.78 is 16.0. The molecule has 2 aliphatic rings. The molecule has 0 spiro atoms. The number of nitrogens with zero attached hydrogens (tertiary/aromatic N) is 2. The summed E-state index contributed by atoms with van der Waals surface area (Å²) in [6.45, 7) is 2.06. The molecule has 156 valence electrons. The van der Waals surface area contributed by atoms with Crippen molar-refractivity contribution in [1.82, 2.24) is 4.90 Å². The fourth-order valence-electron chi connectivity index (χ4n) is 3.67. The number of anilines is 1. The molecule has 2 aromatic carbocycles. The van der Waals surface area contributed by atoms with E-state index in [1.807, 2.05) is 4.90 Å². The van der Waals surface area contributed by atoms with Crippen molar-refractivity contribution in [2.24, 2.45) is 0 Å². The standard InChI is InChI=1S/C22H21ClN2O5/c1-28-17-8-7-16(13-18(17)29-2)25-21(26)19(14-3-5-15(23)6-4-14)20(22(25)27)24-9-11-30-12-10-24/h3-8,13H,9-12H2,1-2H3. The first-order chi connectivity index (χ1) is 14.5. The van der Waals surface area contributed by atoms with E-state index in [0.29, 0.717) is 65.3 Å². The Balaban J connectivity index is 1.81. The maximum Gasteiger partial charge on any atom is 0.282 e. The van der Waals surface area contributed by atoms with E-state index in [2.05, 4.69) is 0 Å². The molecule has 1 saturated heterocycles. The molecule has 2 aromatic rings. The molecule has 0 radical (unpaired) electrons. The maximum atomic E-state index is 13.5. The molecule has 0 saturated carbocycles. The predicted molar refractivity (Wildman–Crippen MR) is 113 cm³/mol. The van der Waals surface area contributed by atoms with Crippen LogP contribution in [0.25, 0.3) is 5.57 Å². The summed E-state index contributed by atoms with van der Waals surface area (Å²) in [7, 11) is 3.03. The molecule has 0 aromatic heterocycles. The van der Waals surface area contributed by atoms with Gasteiger partial charge in [-0.1, -0.05) is 23.7 Å². The van der Waals surface area contributed by atoms with E-state index >= 15 is 0 Å². The predicted octanol–water partition coefficient (Wildman–Crippen LogP) is 2.97. The molecule has 2 aliphatic heterocycles. The van der Waals surface area contributed by atoms with Crippen molar-refractivity contribution in [3.8, 4) is 11.5 Å². The maximum absolute atomic E-state index is 13.5. The molecule has 2 heterocycles. The highest BCUT2D eigenvalue weighted by atomic mass is 35.5. The molecular formula is C22H21ClN2O5. The Morgan fingerprint density at radius 2 is 1.57 bits per heavy atom. The minimum absolute atomic E-state index is 0.355. The highest BCUT2D eigenvalue weighted by Crippen LogP contribution is 2.38. The molecular weight excluding hydrogens is 408 g/mol. The van der Waals surface area contributed by atoms with Gasteiger partial charge in [0.25, 0.3) is 11.8 Å². The zero-order valence-corrected chi connectivity index (χ0v) is 17.4. The van der Waals surface area contributed by atoms with Crippen LogP contribution in [-0.2, 0) is 14.3 Å². The van der Waals surface area contributed by atoms with Gasteiger partial charge in [0.1, 0.15) is 5.70 Å². The number of rotatable bonds is 5. The number of ether oxygens (including phenoxy) is 3. The number of hydrogen-bond acceptors (Lipinski definition) is 6. The van der Waals surface area contributed by atoms with Crippen molar-refractivity contribution in [3.63, 3.8) is 0 Å². The molecule has 30 heavy (non-hydrogen) atoms. The Morgan fingerprint density at radius 1 is 0.900 bits per heavy atom. The number of imide groups is 1. The molecule has 8 heteroatoms. The molecule has 0 unspecified atom stereocenters. The Labute approximate surface area is 179 Å². The number of carbonyl (C=O) groups excluding carboxylic acids is 2. The lowest BCUT2D eigenvalue weighted by Gasteiger charge is -2.29. The first-order valence-corrected chi connectivity index (χ1v) is 9.86. The monoisotopic (exact) mass is 428 g/mol. The first-order valence-electron chi connectivity index (χ1n) is 9.49. The number of hydrogen-bond donors (Lipinski definition) is 0. The van der Waals surface area contributed by atoms with Crippen molar-refractivity contribution in [3.05, 3.63) is 58.7 Å². The van der Waals surface area contributed by atoms with Crippen LogP contribution in [0.2, 0.25) is 5.02 Å². The number of carbonyl (C=O) groups is 2. The van der Waals surface area contributed by atoms with Crippen LogP contribution in [-0.4, -0.2) is 57.2 Å². The number of halogens is 1. The van der Waals surface area contributed by atoms with Crippen LogP contribution in [0.3, 0.4) is 0 Å². The van der Waals surface area contributed by atoms with Crippen LogP contribution in [0.15, 0.2) is 48.2 Å². The second kappa shape index (κ2) is 8.38. The van der Waals surface area contributed by atoms with E-state index in [1.54, 1.807) is 42.5 Å². The molecule has 7 nitrogen and oxygen atoms in total. The van der Waals surface area contributed by atoms with Crippen LogP contribution in [0.4, 0.5) is 5.69 Å². The van der Waals surface area contributed by atoms with E-state index < -0.39 is 5.91 Å². The Hall–Kier alpha value is -3.03. The van der Waals surface area contributed by atoms with Crippen LogP contribution in [0, 0.1) is 0 Å². The van der Waals surface area contributed by atoms with Crippen molar-refractivity contribution >= 4 is 34.7 Å². The number of benzene rings is 2. The topological polar surface area (TPSA) is 68.3 Å². The van der Waals surface area contributed by atoms with Gasteiger partial charge in [-0.05, 0) is 29.8 Å². The summed E-state index contributed by atoms with van der Waals surface area (Å²) in [6.07, 6.45) is 0. The van der Waals surface area contributed by atoms with Crippen molar-refractivity contribution < 1.29 is 23.8 Å². The average Bonchev–Trinajstić information content (AvgIpc) is 3.04. The number of amides is 2. The van der Waals surface area contributed by atoms with Gasteiger partial charge in [-0.3, -0.25) is 9.59 Å². The van der Waals surface area contributed by atoms with E-state index in [1.165, 1.54) is 19.1 Å². The van der Waals surface area contributed by atoms with Gasteiger partial charge in [0.05, 0.1) is 38.7 Å². The van der Waals surface area contributed by atoms with Crippen LogP contribution >= 0.6 is 11.6 Å². The van der Waals surface area contributed by atoms with Gasteiger partial charge in [0, 0.05) is 24.2 Å². The zero-order chi connectivity index (χ0) is 21.3. The SMILES string of the molecule is COc1ccc(N2C(=O)C(c3ccc(Cl)cc3)=C(N3CCOCC3)C2=O)cc1OC. The number of morpholine rings is 1. The smallest absolute Gasteiger partial charge is 0.282 e. The van der Waals surface area contributed by atoms with E-state index in [9.17, 15) is 9.59 Å². The molecule has 2 amide bonds. The summed E-state index contributed by atoms with van der Waals surface area (Å²) in [5.74, 6) is 0.179. The van der Waals surface area contributed by atoms with E-state index in [-0.39, 0.29) is 5.91 Å². The van der Waals surface area contributed by atoms with Gasteiger partial charge in [0.15, 0.2) is 11.5 Å². The zero-order valence-electron chi connectivity index (χ0n) is 16.7. The Kier molecular flexibility index (Phi) is 5.65. The Bertz CT molecular complexity index is 1010. The number of methoxy groups -OCH3 is 2. The molecule has 0 bridgehead atoms. The van der Waals surface area contributed by atoms with E-state index in [4.69, 9.17) is 25.8 Å².